The summed E-state index contributed by atoms with van der Waals surface area (Å²) >= 11 is 0. The summed E-state index contributed by atoms with van der Waals surface area (Å²) in [6.07, 6.45) is -1.74. The van der Waals surface area contributed by atoms with Crippen LogP contribution in [0, 0.1) is 17.8 Å². The molecule has 26 heavy (non-hydrogen) atoms. The maximum absolute atomic E-state index is 13.1. The molecule has 0 spiro atoms. The molecule has 2 aliphatic carbocycles. The van der Waals surface area contributed by atoms with Crippen LogP contribution in [0.5, 0.6) is 0 Å². The Bertz CT molecular complexity index is 483. The van der Waals surface area contributed by atoms with E-state index in [2.05, 4.69) is 13.2 Å². The Balaban J connectivity index is 0.000000260. The molecule has 0 aromatic rings. The van der Waals surface area contributed by atoms with E-state index in [1.165, 1.54) is 7.11 Å². The fraction of sp³-hybridized carbons (Fsp3) is 0.800. The summed E-state index contributed by atoms with van der Waals surface area (Å²) < 4.78 is 68.3. The van der Waals surface area contributed by atoms with E-state index in [4.69, 9.17) is 4.74 Å². The van der Waals surface area contributed by atoms with Crippen molar-refractivity contribution in [3.8, 4) is 0 Å². The van der Waals surface area contributed by atoms with Crippen molar-refractivity contribution < 1.29 is 26.7 Å². The van der Waals surface area contributed by atoms with E-state index in [1.54, 1.807) is 6.92 Å². The van der Waals surface area contributed by atoms with Gasteiger partial charge in [0.1, 0.15) is 0 Å². The molecule has 0 radical (unpaired) electrons. The van der Waals surface area contributed by atoms with Crippen LogP contribution in [0.4, 0.5) is 22.0 Å². The van der Waals surface area contributed by atoms with Gasteiger partial charge in [-0.25, -0.2) is 8.78 Å². The van der Waals surface area contributed by atoms with E-state index in [0.717, 1.165) is 17.6 Å². The summed E-state index contributed by atoms with van der Waals surface area (Å²) in [7, 11) is 1.49. The Morgan fingerprint density at radius 3 is 2.00 bits per heavy atom. The predicted molar refractivity (Wildman–Crippen MR) is 94.2 cm³/mol. The lowest BCUT2D eigenvalue weighted by Crippen LogP contribution is -2.35. The third-order valence-corrected chi connectivity index (χ3v) is 5.48. The molecule has 152 valence electrons. The van der Waals surface area contributed by atoms with Crippen LogP contribution in [-0.2, 0) is 4.74 Å². The first-order valence-corrected chi connectivity index (χ1v) is 9.14. The SMILES string of the molecule is C=C(C)C1CC(OC)CC(F)(F)C1.C=C(C)C1CCCC(C(F)(F)F)C1. The molecular formula is C20H31F5O. The Hall–Kier alpha value is -0.910. The molecule has 4 unspecified atom stereocenters. The molecule has 0 bridgehead atoms. The zero-order valence-corrected chi connectivity index (χ0v) is 16.0. The molecule has 2 saturated carbocycles. The highest BCUT2D eigenvalue weighted by Crippen LogP contribution is 2.42. The lowest BCUT2D eigenvalue weighted by atomic mass is 9.78. The molecule has 6 heteroatoms. The average Bonchev–Trinajstić information content (AvgIpc) is 2.53. The van der Waals surface area contributed by atoms with Gasteiger partial charge in [0.15, 0.2) is 0 Å². The van der Waals surface area contributed by atoms with Crippen LogP contribution in [0.25, 0.3) is 0 Å². The molecule has 0 amide bonds. The van der Waals surface area contributed by atoms with E-state index in [1.807, 2.05) is 6.92 Å². The molecule has 2 aliphatic rings. The topological polar surface area (TPSA) is 9.23 Å². The second kappa shape index (κ2) is 9.34. The molecule has 0 aromatic heterocycles. The van der Waals surface area contributed by atoms with E-state index < -0.39 is 18.0 Å². The number of allylic oxidation sites excluding steroid dienone is 2. The third-order valence-electron chi connectivity index (χ3n) is 5.48. The molecule has 0 N–H and O–H groups in total. The Morgan fingerprint density at radius 1 is 0.962 bits per heavy atom. The van der Waals surface area contributed by atoms with Gasteiger partial charge in [-0.15, -0.1) is 0 Å². The third kappa shape index (κ3) is 7.37. The average molecular weight is 382 g/mol. The number of methoxy groups -OCH3 is 1. The molecule has 0 aliphatic heterocycles. The van der Waals surface area contributed by atoms with Gasteiger partial charge in [0.25, 0.3) is 5.92 Å². The normalized spacial score (nSPS) is 31.5. The van der Waals surface area contributed by atoms with Crippen LogP contribution >= 0.6 is 0 Å². The van der Waals surface area contributed by atoms with Crippen LogP contribution in [0.2, 0.25) is 0 Å². The number of halogens is 5. The van der Waals surface area contributed by atoms with Crippen molar-refractivity contribution in [2.75, 3.05) is 7.11 Å². The van der Waals surface area contributed by atoms with Crippen LogP contribution in [0.3, 0.4) is 0 Å². The zero-order chi connectivity index (χ0) is 20.1. The van der Waals surface area contributed by atoms with Gasteiger partial charge in [-0.1, -0.05) is 30.7 Å². The summed E-state index contributed by atoms with van der Waals surface area (Å²) in [4.78, 5) is 0. The summed E-state index contributed by atoms with van der Waals surface area (Å²) in [5.74, 6) is -3.68. The molecule has 0 saturated heterocycles. The summed E-state index contributed by atoms with van der Waals surface area (Å²) in [6, 6.07) is 0. The van der Waals surface area contributed by atoms with E-state index in [-0.39, 0.29) is 37.2 Å². The lowest BCUT2D eigenvalue weighted by molar-refractivity contribution is -0.184. The molecule has 4 atom stereocenters. The molecule has 0 aromatic carbocycles. The fourth-order valence-electron chi connectivity index (χ4n) is 3.75. The quantitative estimate of drug-likeness (QED) is 0.379. The first-order valence-electron chi connectivity index (χ1n) is 9.14. The zero-order valence-electron chi connectivity index (χ0n) is 16.0. The van der Waals surface area contributed by atoms with Crippen molar-refractivity contribution in [2.45, 2.75) is 77.0 Å². The highest BCUT2D eigenvalue weighted by atomic mass is 19.4. The van der Waals surface area contributed by atoms with Crippen molar-refractivity contribution in [1.82, 2.24) is 0 Å². The Labute approximate surface area is 153 Å². The van der Waals surface area contributed by atoms with Crippen molar-refractivity contribution >= 4 is 0 Å². The van der Waals surface area contributed by atoms with Gasteiger partial charge < -0.3 is 4.74 Å². The molecule has 2 rings (SSSR count). The number of hydrogen-bond acceptors (Lipinski definition) is 1. The predicted octanol–water partition coefficient (Wildman–Crippen LogP) is 6.94. The van der Waals surface area contributed by atoms with Crippen molar-refractivity contribution in [3.05, 3.63) is 24.3 Å². The number of rotatable bonds is 3. The van der Waals surface area contributed by atoms with E-state index >= 15 is 0 Å². The first-order chi connectivity index (χ1) is 11.9. The first kappa shape index (κ1) is 23.1. The molecule has 2 fully saturated rings. The van der Waals surface area contributed by atoms with Crippen LogP contribution in [-0.4, -0.2) is 25.3 Å². The van der Waals surface area contributed by atoms with Gasteiger partial charge in [0, 0.05) is 20.0 Å². The van der Waals surface area contributed by atoms with E-state index in [9.17, 15) is 22.0 Å². The van der Waals surface area contributed by atoms with Crippen molar-refractivity contribution in [1.29, 1.82) is 0 Å². The van der Waals surface area contributed by atoms with Crippen LogP contribution in [0.1, 0.15) is 58.8 Å². The number of hydrogen-bond donors (Lipinski definition) is 0. The lowest BCUT2D eigenvalue weighted by Gasteiger charge is -2.34. The minimum atomic E-state index is -4.01. The highest BCUT2D eigenvalue weighted by molar-refractivity contribution is 5.02. The largest absolute Gasteiger partial charge is 0.391 e. The van der Waals surface area contributed by atoms with Crippen molar-refractivity contribution in [3.63, 3.8) is 0 Å². The van der Waals surface area contributed by atoms with Gasteiger partial charge in [-0.3, -0.25) is 0 Å². The minimum Gasteiger partial charge on any atom is -0.381 e. The van der Waals surface area contributed by atoms with Gasteiger partial charge >= 0.3 is 6.18 Å². The van der Waals surface area contributed by atoms with Gasteiger partial charge in [0.2, 0.25) is 0 Å². The van der Waals surface area contributed by atoms with Gasteiger partial charge in [-0.05, 0) is 51.4 Å². The minimum absolute atomic E-state index is 0.0673. The molecule has 1 nitrogen and oxygen atoms in total. The Morgan fingerprint density at radius 2 is 1.54 bits per heavy atom. The monoisotopic (exact) mass is 382 g/mol. The number of ether oxygens (including phenoxy) is 1. The fourth-order valence-corrected chi connectivity index (χ4v) is 3.75. The summed E-state index contributed by atoms with van der Waals surface area (Å²) in [6.45, 7) is 11.1. The molecule has 0 heterocycles. The number of alkyl halides is 5. The maximum atomic E-state index is 13.1. The molecular weight excluding hydrogens is 351 g/mol. The van der Waals surface area contributed by atoms with Crippen LogP contribution < -0.4 is 0 Å². The highest BCUT2D eigenvalue weighted by Gasteiger charge is 2.42. The summed E-state index contributed by atoms with van der Waals surface area (Å²) in [5, 5.41) is 0. The smallest absolute Gasteiger partial charge is 0.381 e. The standard InChI is InChI=1S/C10H15F3.C10H16F2O/c1-7(2)8-4-3-5-9(6-8)10(11,12)13;1-7(2)8-4-9(13-3)6-10(11,12)5-8/h8-9H,1,3-6H2,2H3;8-9H,1,4-6H2,2-3H3. The van der Waals surface area contributed by atoms with E-state index in [0.29, 0.717) is 19.3 Å². The van der Waals surface area contributed by atoms with Gasteiger partial charge in [0.05, 0.1) is 12.0 Å². The second-order valence-corrected chi connectivity index (χ2v) is 7.85. The van der Waals surface area contributed by atoms with Crippen molar-refractivity contribution in [2.24, 2.45) is 17.8 Å². The second-order valence-electron chi connectivity index (χ2n) is 7.85. The maximum Gasteiger partial charge on any atom is 0.391 e. The van der Waals surface area contributed by atoms with Crippen LogP contribution in [0.15, 0.2) is 24.3 Å². The van der Waals surface area contributed by atoms with Gasteiger partial charge in [-0.2, -0.15) is 13.2 Å². The Kier molecular flexibility index (Phi) is 8.31. The summed E-state index contributed by atoms with van der Waals surface area (Å²) in [5.41, 5.74) is 1.73.